The van der Waals surface area contributed by atoms with Gasteiger partial charge in [-0.25, -0.2) is 0 Å². The number of aromatic hydroxyl groups is 1. The number of anilines is 1. The van der Waals surface area contributed by atoms with Crippen molar-refractivity contribution in [2.24, 2.45) is 5.92 Å². The quantitative estimate of drug-likeness (QED) is 0.654. The molecule has 0 spiro atoms. The van der Waals surface area contributed by atoms with Gasteiger partial charge in [-0.1, -0.05) is 23.8 Å². The van der Waals surface area contributed by atoms with Crippen LogP contribution in [0.1, 0.15) is 33.0 Å². The molecule has 2 atom stereocenters. The number of carbonyl (C=O) groups is 2. The van der Waals surface area contributed by atoms with Gasteiger partial charge in [0.25, 0.3) is 0 Å². The van der Waals surface area contributed by atoms with Crippen molar-refractivity contribution in [1.29, 1.82) is 0 Å². The van der Waals surface area contributed by atoms with Gasteiger partial charge in [0.05, 0.1) is 0 Å². The first-order valence-electron chi connectivity index (χ1n) is 8.16. The molecule has 0 heterocycles. The molecule has 4 nitrogen and oxygen atoms in total. The summed E-state index contributed by atoms with van der Waals surface area (Å²) in [6.45, 7) is 0. The summed E-state index contributed by atoms with van der Waals surface area (Å²) in [7, 11) is 0. The molecule has 0 amide bonds. The summed E-state index contributed by atoms with van der Waals surface area (Å²) in [5.74, 6) is 0.0847. The number of nitrogen functional groups attached to an aromatic ring is 1. The number of carbonyl (C=O) groups excluding carboxylic acids is 2. The largest absolute Gasteiger partial charge is 0.508 e. The van der Waals surface area contributed by atoms with Crippen molar-refractivity contribution >= 4 is 17.8 Å². The maximum Gasteiger partial charge on any atom is 0.178 e. The maximum atomic E-state index is 11.8. The number of hydrogen-bond acceptors (Lipinski definition) is 4. The molecule has 0 saturated carbocycles. The van der Waals surface area contributed by atoms with E-state index in [1.165, 1.54) is 0 Å². The molecule has 2 aliphatic carbocycles. The molecule has 0 saturated heterocycles. The first-order chi connectivity index (χ1) is 12.1. The molecule has 4 heteroatoms. The second kappa shape index (κ2) is 5.74. The minimum atomic E-state index is -0.0965. The van der Waals surface area contributed by atoms with Gasteiger partial charge in [0.2, 0.25) is 0 Å². The highest BCUT2D eigenvalue weighted by molar-refractivity contribution is 6.01. The Kier molecular flexibility index (Phi) is 3.53. The van der Waals surface area contributed by atoms with E-state index in [1.54, 1.807) is 36.4 Å². The van der Waals surface area contributed by atoms with Crippen LogP contribution in [0.4, 0.5) is 5.69 Å². The summed E-state index contributed by atoms with van der Waals surface area (Å²) in [6, 6.07) is 10.7. The van der Waals surface area contributed by atoms with Gasteiger partial charge >= 0.3 is 0 Å². The minimum Gasteiger partial charge on any atom is -0.508 e. The highest BCUT2D eigenvalue weighted by atomic mass is 16.3. The van der Waals surface area contributed by atoms with Crippen LogP contribution in [-0.2, 0) is 11.2 Å². The third kappa shape index (κ3) is 2.56. The zero-order chi connectivity index (χ0) is 17.6. The third-order valence-electron chi connectivity index (χ3n) is 5.01. The monoisotopic (exact) mass is 331 g/mol. The van der Waals surface area contributed by atoms with Crippen molar-refractivity contribution in [2.75, 3.05) is 5.73 Å². The van der Waals surface area contributed by atoms with Gasteiger partial charge in [0, 0.05) is 23.1 Å². The number of hydrogen-bond donors (Lipinski definition) is 2. The fourth-order valence-corrected chi connectivity index (χ4v) is 3.94. The molecule has 2 aliphatic rings. The van der Waals surface area contributed by atoms with E-state index in [1.807, 2.05) is 18.2 Å². The summed E-state index contributed by atoms with van der Waals surface area (Å²) in [4.78, 5) is 23.4. The lowest BCUT2D eigenvalue weighted by molar-refractivity contribution is -0.110. The van der Waals surface area contributed by atoms with Gasteiger partial charge in [0.1, 0.15) is 12.0 Å². The van der Waals surface area contributed by atoms with Crippen LogP contribution in [-0.4, -0.2) is 17.2 Å². The van der Waals surface area contributed by atoms with Crippen LogP contribution in [0.25, 0.3) is 0 Å². The molecule has 25 heavy (non-hydrogen) atoms. The fourth-order valence-electron chi connectivity index (χ4n) is 3.94. The van der Waals surface area contributed by atoms with Crippen LogP contribution in [0, 0.1) is 5.92 Å². The molecule has 0 radical (unpaired) electrons. The average molecular weight is 331 g/mol. The summed E-state index contributed by atoms with van der Waals surface area (Å²) in [5, 5.41) is 9.86. The highest BCUT2D eigenvalue weighted by Crippen LogP contribution is 2.46. The normalized spacial score (nSPS) is 21.3. The first-order valence-corrected chi connectivity index (χ1v) is 8.16. The Morgan fingerprint density at radius 2 is 1.92 bits per heavy atom. The Balaban J connectivity index is 1.96. The van der Waals surface area contributed by atoms with E-state index in [2.05, 4.69) is 0 Å². The number of aldehydes is 1. The maximum absolute atomic E-state index is 11.8. The molecular formula is C21H17NO3. The van der Waals surface area contributed by atoms with E-state index in [0.717, 1.165) is 28.5 Å². The fraction of sp³-hybridized carbons (Fsp3) is 0.143. The number of rotatable bonds is 2. The van der Waals surface area contributed by atoms with Crippen molar-refractivity contribution in [2.45, 2.75) is 12.3 Å². The number of ketones is 1. The van der Waals surface area contributed by atoms with Gasteiger partial charge in [-0.15, -0.1) is 0 Å². The van der Waals surface area contributed by atoms with Crippen LogP contribution < -0.4 is 5.73 Å². The van der Waals surface area contributed by atoms with Gasteiger partial charge in [-0.2, -0.15) is 0 Å². The predicted octanol–water partition coefficient (Wildman–Crippen LogP) is 3.16. The third-order valence-corrected chi connectivity index (χ3v) is 5.01. The van der Waals surface area contributed by atoms with Crippen LogP contribution in [0.2, 0.25) is 0 Å². The lowest BCUT2D eigenvalue weighted by atomic mass is 9.67. The molecule has 0 aliphatic heterocycles. The highest BCUT2D eigenvalue weighted by Gasteiger charge is 2.35. The Bertz CT molecular complexity index is 956. The summed E-state index contributed by atoms with van der Waals surface area (Å²) >= 11 is 0. The number of phenolic OH excluding ortho intramolecular Hbond substituents is 1. The molecule has 124 valence electrons. The molecule has 3 N–H and O–H groups in total. The standard InChI is InChI=1S/C21H17NO3/c22-15-1-4-20(14(8-15)11-23)21-18-5-2-16(24)9-12(18)7-13-10-17(25)3-6-19(13)21/h1-6,8-11,18,21,25H,7,22H2. The van der Waals surface area contributed by atoms with Crippen molar-refractivity contribution < 1.29 is 14.7 Å². The van der Waals surface area contributed by atoms with Crippen molar-refractivity contribution in [3.05, 3.63) is 82.5 Å². The summed E-state index contributed by atoms with van der Waals surface area (Å²) in [6.07, 6.45) is 6.61. The number of benzene rings is 2. The second-order valence-corrected chi connectivity index (χ2v) is 6.55. The summed E-state index contributed by atoms with van der Waals surface area (Å²) < 4.78 is 0. The molecule has 2 aromatic rings. The van der Waals surface area contributed by atoms with Crippen LogP contribution in [0.5, 0.6) is 5.75 Å². The van der Waals surface area contributed by atoms with Crippen molar-refractivity contribution in [1.82, 2.24) is 0 Å². The Hall–Kier alpha value is -3.14. The molecule has 4 rings (SSSR count). The lowest BCUT2D eigenvalue weighted by Gasteiger charge is -2.36. The molecule has 2 aromatic carbocycles. The molecule has 0 bridgehead atoms. The topological polar surface area (TPSA) is 80.4 Å². The Morgan fingerprint density at radius 1 is 1.12 bits per heavy atom. The van der Waals surface area contributed by atoms with Crippen LogP contribution in [0.3, 0.4) is 0 Å². The van der Waals surface area contributed by atoms with Gasteiger partial charge in [-0.05, 0) is 59.5 Å². The van der Waals surface area contributed by atoms with E-state index < -0.39 is 0 Å². The summed E-state index contributed by atoms with van der Waals surface area (Å²) in [5.41, 5.74) is 10.8. The van der Waals surface area contributed by atoms with E-state index >= 15 is 0 Å². The lowest BCUT2D eigenvalue weighted by Crippen LogP contribution is -2.26. The van der Waals surface area contributed by atoms with Gasteiger partial charge in [-0.3, -0.25) is 9.59 Å². The average Bonchev–Trinajstić information content (AvgIpc) is 2.59. The van der Waals surface area contributed by atoms with E-state index in [0.29, 0.717) is 17.7 Å². The predicted molar refractivity (Wildman–Crippen MR) is 95.6 cm³/mol. The minimum absolute atomic E-state index is 0.0112. The number of phenols is 1. The number of allylic oxidation sites excluding steroid dienone is 4. The van der Waals surface area contributed by atoms with E-state index in [9.17, 15) is 14.7 Å². The Labute approximate surface area is 145 Å². The number of nitrogens with two attached hydrogens (primary N) is 1. The Morgan fingerprint density at radius 3 is 2.72 bits per heavy atom. The van der Waals surface area contributed by atoms with Crippen LogP contribution >= 0.6 is 0 Å². The zero-order valence-electron chi connectivity index (χ0n) is 13.5. The molecule has 0 aromatic heterocycles. The van der Waals surface area contributed by atoms with Gasteiger partial charge in [0.15, 0.2) is 5.78 Å². The van der Waals surface area contributed by atoms with Crippen molar-refractivity contribution in [3.8, 4) is 5.75 Å². The molecular weight excluding hydrogens is 314 g/mol. The van der Waals surface area contributed by atoms with Crippen molar-refractivity contribution in [3.63, 3.8) is 0 Å². The van der Waals surface area contributed by atoms with E-state index in [4.69, 9.17) is 5.73 Å². The molecule has 2 unspecified atom stereocenters. The van der Waals surface area contributed by atoms with E-state index in [-0.39, 0.29) is 23.4 Å². The van der Waals surface area contributed by atoms with Crippen LogP contribution in [0.15, 0.2) is 60.2 Å². The molecule has 0 fully saturated rings. The zero-order valence-corrected chi connectivity index (χ0v) is 13.5. The second-order valence-electron chi connectivity index (χ2n) is 6.55. The first kappa shape index (κ1) is 15.4. The van der Waals surface area contributed by atoms with Gasteiger partial charge < -0.3 is 10.8 Å². The number of fused-ring (bicyclic) bond motifs is 2. The smallest absolute Gasteiger partial charge is 0.178 e. The SMILES string of the molecule is Nc1ccc(C2c3ccc(O)cc3CC3=CC(=O)C=CC32)c(C=O)c1.